The van der Waals surface area contributed by atoms with Crippen LogP contribution in [0.1, 0.15) is 29.1 Å². The topological polar surface area (TPSA) is 56.1 Å². The second-order valence-corrected chi connectivity index (χ2v) is 6.68. The van der Waals surface area contributed by atoms with E-state index in [1.54, 1.807) is 0 Å². The van der Waals surface area contributed by atoms with Crippen LogP contribution >= 0.6 is 0 Å². The van der Waals surface area contributed by atoms with Crippen LogP contribution in [0.4, 0.5) is 0 Å². The summed E-state index contributed by atoms with van der Waals surface area (Å²) in [4.78, 5) is 16.3. The molecule has 1 unspecified atom stereocenters. The number of aromatic nitrogens is 4. The van der Waals surface area contributed by atoms with Crippen LogP contribution in [0.25, 0.3) is 11.0 Å². The van der Waals surface area contributed by atoms with Crippen molar-refractivity contribution in [3.8, 4) is 0 Å². The lowest BCUT2D eigenvalue weighted by atomic mass is 10.2. The summed E-state index contributed by atoms with van der Waals surface area (Å²) in [7, 11) is 2.08. The molecule has 1 fully saturated rings. The van der Waals surface area contributed by atoms with E-state index < -0.39 is 0 Å². The van der Waals surface area contributed by atoms with Gasteiger partial charge in [0.05, 0.1) is 24.2 Å². The average molecular weight is 337 g/mol. The van der Waals surface area contributed by atoms with E-state index in [1.807, 2.05) is 26.0 Å². The Hall–Kier alpha value is -2.31. The molecule has 6 heteroatoms. The standard InChI is InChI=1S/C19H23N5O/c1-13-10-14(2)21-19(20-13)17-11-24(8-9-25-17)12-18-22-15-6-4-5-7-16(15)23(18)3/h4-7,10,17H,8-9,11-12H2,1-3H3. The molecule has 0 saturated carbocycles. The van der Waals surface area contributed by atoms with E-state index in [9.17, 15) is 0 Å². The molecule has 3 heterocycles. The number of imidazole rings is 1. The van der Waals surface area contributed by atoms with Crippen LogP contribution in [0.3, 0.4) is 0 Å². The van der Waals surface area contributed by atoms with Crippen molar-refractivity contribution in [3.05, 3.63) is 53.4 Å². The molecule has 1 aromatic carbocycles. The molecule has 1 aliphatic rings. The van der Waals surface area contributed by atoms with Crippen LogP contribution in [0, 0.1) is 13.8 Å². The normalized spacial score (nSPS) is 18.8. The minimum atomic E-state index is -0.0814. The van der Waals surface area contributed by atoms with Crippen molar-refractivity contribution in [2.24, 2.45) is 7.05 Å². The van der Waals surface area contributed by atoms with Crippen LogP contribution in [0.2, 0.25) is 0 Å². The fourth-order valence-electron chi connectivity index (χ4n) is 3.44. The van der Waals surface area contributed by atoms with Crippen molar-refractivity contribution >= 4 is 11.0 Å². The maximum absolute atomic E-state index is 5.94. The molecule has 1 atom stereocenters. The lowest BCUT2D eigenvalue weighted by Crippen LogP contribution is -2.39. The van der Waals surface area contributed by atoms with E-state index >= 15 is 0 Å². The summed E-state index contributed by atoms with van der Waals surface area (Å²) in [5, 5.41) is 0. The molecular formula is C19H23N5O. The number of nitrogens with zero attached hydrogens (tertiary/aromatic N) is 5. The molecule has 25 heavy (non-hydrogen) atoms. The van der Waals surface area contributed by atoms with Crippen molar-refractivity contribution in [1.29, 1.82) is 0 Å². The third-order valence-corrected chi connectivity index (χ3v) is 4.68. The van der Waals surface area contributed by atoms with Crippen molar-refractivity contribution in [2.75, 3.05) is 19.7 Å². The Labute approximate surface area is 147 Å². The Morgan fingerprint density at radius 3 is 2.64 bits per heavy atom. The van der Waals surface area contributed by atoms with Gasteiger partial charge in [-0.1, -0.05) is 12.1 Å². The van der Waals surface area contributed by atoms with Crippen LogP contribution < -0.4 is 0 Å². The van der Waals surface area contributed by atoms with Gasteiger partial charge in [-0.15, -0.1) is 0 Å². The SMILES string of the molecule is Cc1cc(C)nc(C2CN(Cc3nc4ccccc4n3C)CCO2)n1. The lowest BCUT2D eigenvalue weighted by molar-refractivity contribution is -0.0382. The molecule has 1 saturated heterocycles. The van der Waals surface area contributed by atoms with E-state index in [4.69, 9.17) is 9.72 Å². The molecule has 3 aromatic rings. The maximum atomic E-state index is 5.94. The van der Waals surface area contributed by atoms with E-state index in [-0.39, 0.29) is 6.10 Å². The van der Waals surface area contributed by atoms with E-state index in [0.717, 1.165) is 48.2 Å². The summed E-state index contributed by atoms with van der Waals surface area (Å²) in [6.07, 6.45) is -0.0814. The van der Waals surface area contributed by atoms with Crippen molar-refractivity contribution in [2.45, 2.75) is 26.5 Å². The van der Waals surface area contributed by atoms with Gasteiger partial charge in [0.25, 0.3) is 0 Å². The molecule has 0 bridgehead atoms. The average Bonchev–Trinajstić information content (AvgIpc) is 2.91. The minimum absolute atomic E-state index is 0.0814. The Morgan fingerprint density at radius 1 is 1.12 bits per heavy atom. The number of hydrogen-bond donors (Lipinski definition) is 0. The number of rotatable bonds is 3. The van der Waals surface area contributed by atoms with E-state index in [0.29, 0.717) is 6.61 Å². The van der Waals surface area contributed by atoms with Gasteiger partial charge >= 0.3 is 0 Å². The second kappa shape index (κ2) is 6.54. The fraction of sp³-hybridized carbons (Fsp3) is 0.421. The Balaban J connectivity index is 1.53. The van der Waals surface area contributed by atoms with Gasteiger partial charge in [0.15, 0.2) is 5.82 Å². The number of hydrogen-bond acceptors (Lipinski definition) is 5. The molecule has 130 valence electrons. The second-order valence-electron chi connectivity index (χ2n) is 6.68. The van der Waals surface area contributed by atoms with Crippen LogP contribution in [-0.2, 0) is 18.3 Å². The molecule has 0 spiro atoms. The van der Waals surface area contributed by atoms with Crippen LogP contribution in [0.15, 0.2) is 30.3 Å². The van der Waals surface area contributed by atoms with Crippen LogP contribution in [-0.4, -0.2) is 44.1 Å². The first-order chi connectivity index (χ1) is 12.1. The summed E-state index contributed by atoms with van der Waals surface area (Å²) in [6, 6.07) is 10.2. The molecule has 6 nitrogen and oxygen atoms in total. The summed E-state index contributed by atoms with van der Waals surface area (Å²) in [5.74, 6) is 1.86. The monoisotopic (exact) mass is 337 g/mol. The number of benzene rings is 1. The van der Waals surface area contributed by atoms with Gasteiger partial charge in [-0.3, -0.25) is 4.90 Å². The zero-order chi connectivity index (χ0) is 17.4. The molecule has 2 aromatic heterocycles. The summed E-state index contributed by atoms with van der Waals surface area (Å²) < 4.78 is 8.11. The summed E-state index contributed by atoms with van der Waals surface area (Å²) in [5.41, 5.74) is 4.18. The molecular weight excluding hydrogens is 314 g/mol. The third kappa shape index (κ3) is 3.27. The van der Waals surface area contributed by atoms with Crippen LogP contribution in [0.5, 0.6) is 0 Å². The zero-order valence-corrected chi connectivity index (χ0v) is 14.9. The van der Waals surface area contributed by atoms with Gasteiger partial charge in [-0.2, -0.15) is 0 Å². The predicted molar refractivity (Wildman–Crippen MR) is 96.2 cm³/mol. The maximum Gasteiger partial charge on any atom is 0.158 e. The third-order valence-electron chi connectivity index (χ3n) is 4.68. The number of para-hydroxylation sites is 2. The van der Waals surface area contributed by atoms with Gasteiger partial charge in [-0.25, -0.2) is 15.0 Å². The molecule has 0 aliphatic carbocycles. The highest BCUT2D eigenvalue weighted by Crippen LogP contribution is 2.22. The first-order valence-electron chi connectivity index (χ1n) is 8.66. The fourth-order valence-corrected chi connectivity index (χ4v) is 3.44. The van der Waals surface area contributed by atoms with Gasteiger partial charge in [0.1, 0.15) is 11.9 Å². The van der Waals surface area contributed by atoms with Gasteiger partial charge < -0.3 is 9.30 Å². The van der Waals surface area contributed by atoms with Gasteiger partial charge in [0.2, 0.25) is 0 Å². The smallest absolute Gasteiger partial charge is 0.158 e. The summed E-state index contributed by atoms with van der Waals surface area (Å²) in [6.45, 7) is 7.16. The first kappa shape index (κ1) is 16.2. The van der Waals surface area contributed by atoms with Gasteiger partial charge in [0, 0.05) is 31.5 Å². The number of fused-ring (bicyclic) bond motifs is 1. The first-order valence-corrected chi connectivity index (χ1v) is 8.66. The molecule has 1 aliphatic heterocycles. The van der Waals surface area contributed by atoms with E-state index in [2.05, 4.69) is 44.7 Å². The quantitative estimate of drug-likeness (QED) is 0.735. The largest absolute Gasteiger partial charge is 0.368 e. The highest BCUT2D eigenvalue weighted by Gasteiger charge is 2.25. The number of morpholine rings is 1. The summed E-state index contributed by atoms with van der Waals surface area (Å²) >= 11 is 0. The molecule has 4 rings (SSSR count). The minimum Gasteiger partial charge on any atom is -0.368 e. The van der Waals surface area contributed by atoms with E-state index in [1.165, 1.54) is 5.52 Å². The lowest BCUT2D eigenvalue weighted by Gasteiger charge is -2.32. The Morgan fingerprint density at radius 2 is 1.88 bits per heavy atom. The van der Waals surface area contributed by atoms with Gasteiger partial charge in [-0.05, 0) is 32.0 Å². The zero-order valence-electron chi connectivity index (χ0n) is 14.9. The highest BCUT2D eigenvalue weighted by atomic mass is 16.5. The molecule has 0 amide bonds. The Bertz CT molecular complexity index is 884. The molecule has 0 N–H and O–H groups in total. The Kier molecular flexibility index (Phi) is 4.23. The van der Waals surface area contributed by atoms with Crippen molar-refractivity contribution in [1.82, 2.24) is 24.4 Å². The predicted octanol–water partition coefficient (Wildman–Crippen LogP) is 2.55. The highest BCUT2D eigenvalue weighted by molar-refractivity contribution is 5.75. The van der Waals surface area contributed by atoms with Crippen molar-refractivity contribution in [3.63, 3.8) is 0 Å². The molecule has 0 radical (unpaired) electrons. The number of aryl methyl sites for hydroxylation is 3. The van der Waals surface area contributed by atoms with Crippen molar-refractivity contribution < 1.29 is 4.74 Å². The number of ether oxygens (including phenoxy) is 1.